The minimum atomic E-state index is -2.13. The van der Waals surface area contributed by atoms with E-state index in [0.717, 1.165) is 5.56 Å². The first kappa shape index (κ1) is 34.0. The SMILES string of the molecule is Cc1ccc(COc2nc(N)nc3c2ncn3[C@H]2CC(O[Si](C)(C)C(C)(C)C)[C@@H](CO[Si](C)(C)C(C)(C)C)O2)c([N+](=O)[O-])c1. The Bertz CT molecular complexity index is 1510. The molecule has 3 atom stereocenters. The van der Waals surface area contributed by atoms with Gasteiger partial charge in [0, 0.05) is 12.5 Å². The zero-order valence-electron chi connectivity index (χ0n) is 27.9. The first-order chi connectivity index (χ1) is 20.2. The normalized spacial score (nSPS) is 19.9. The fraction of sp³-hybridized carbons (Fsp3) is 0.633. The van der Waals surface area contributed by atoms with Gasteiger partial charge in [-0.05, 0) is 54.8 Å². The highest BCUT2D eigenvalue weighted by atomic mass is 28.4. The number of nitrogens with two attached hydrogens (primary N) is 1. The summed E-state index contributed by atoms with van der Waals surface area (Å²) < 4.78 is 28.0. The summed E-state index contributed by atoms with van der Waals surface area (Å²) in [5.74, 6) is 0.142. The molecule has 2 aromatic heterocycles. The van der Waals surface area contributed by atoms with E-state index in [0.29, 0.717) is 29.8 Å². The van der Waals surface area contributed by atoms with Crippen LogP contribution < -0.4 is 10.5 Å². The number of benzene rings is 1. The second-order valence-corrected chi connectivity index (χ2v) is 24.3. The van der Waals surface area contributed by atoms with E-state index in [1.165, 1.54) is 6.07 Å². The third kappa shape index (κ3) is 7.14. The van der Waals surface area contributed by atoms with Gasteiger partial charge < -0.3 is 24.1 Å². The van der Waals surface area contributed by atoms with Gasteiger partial charge in [-0.15, -0.1) is 0 Å². The Balaban J connectivity index is 1.63. The number of aromatic nitrogens is 4. The molecule has 12 nitrogen and oxygen atoms in total. The van der Waals surface area contributed by atoms with E-state index in [1.807, 2.05) is 4.57 Å². The Hall–Kier alpha value is -2.92. The summed E-state index contributed by atoms with van der Waals surface area (Å²) in [6.45, 7) is 24.5. The van der Waals surface area contributed by atoms with Crippen molar-refractivity contribution in [2.75, 3.05) is 12.3 Å². The van der Waals surface area contributed by atoms with E-state index >= 15 is 0 Å². The first-order valence-corrected chi connectivity index (χ1v) is 20.9. The van der Waals surface area contributed by atoms with Crippen LogP contribution in [0.1, 0.15) is 65.3 Å². The van der Waals surface area contributed by atoms with Gasteiger partial charge >= 0.3 is 0 Å². The Kier molecular flexibility index (Phi) is 9.35. The van der Waals surface area contributed by atoms with E-state index in [4.69, 9.17) is 24.1 Å². The predicted octanol–water partition coefficient (Wildman–Crippen LogP) is 6.90. The van der Waals surface area contributed by atoms with Crippen LogP contribution in [0.2, 0.25) is 36.3 Å². The van der Waals surface area contributed by atoms with Crippen LogP contribution in [0.25, 0.3) is 11.2 Å². The van der Waals surface area contributed by atoms with Gasteiger partial charge in [-0.2, -0.15) is 9.97 Å². The number of anilines is 1. The highest BCUT2D eigenvalue weighted by Gasteiger charge is 2.47. The van der Waals surface area contributed by atoms with Crippen LogP contribution in [0, 0.1) is 17.0 Å². The fourth-order valence-corrected chi connectivity index (χ4v) is 6.91. The molecule has 0 spiro atoms. The summed E-state index contributed by atoms with van der Waals surface area (Å²) in [6, 6.07) is 4.99. The lowest BCUT2D eigenvalue weighted by molar-refractivity contribution is -0.385. The second-order valence-electron chi connectivity index (χ2n) is 14.7. The molecule has 0 amide bonds. The standard InChI is InChI=1S/C30H48N6O6Si2/c1-19-12-13-20(21(14-19)36(37)38)16-39-27-25-26(33-28(31)34-27)35(18-32-25)24-15-22(42-44(10,11)30(5,6)7)23(41-24)17-40-43(8,9)29(2,3)4/h12-14,18,22-24H,15-17H2,1-11H3,(H2,31,33,34)/t22?,23-,24-/m1/s1. The Morgan fingerprint density at radius 1 is 1.09 bits per heavy atom. The summed E-state index contributed by atoms with van der Waals surface area (Å²) >= 11 is 0. The average molecular weight is 645 g/mol. The molecule has 0 radical (unpaired) electrons. The molecule has 1 unspecified atom stereocenters. The molecule has 14 heteroatoms. The number of imidazole rings is 1. The molecule has 3 heterocycles. The molecule has 1 saturated heterocycles. The lowest BCUT2D eigenvalue weighted by Crippen LogP contribution is -2.48. The molecule has 1 aliphatic rings. The highest BCUT2D eigenvalue weighted by Crippen LogP contribution is 2.43. The molecule has 0 aliphatic carbocycles. The van der Waals surface area contributed by atoms with Crippen molar-refractivity contribution >= 4 is 39.4 Å². The average Bonchev–Trinajstić information content (AvgIpc) is 3.48. The molecule has 1 fully saturated rings. The van der Waals surface area contributed by atoms with E-state index in [2.05, 4.69) is 82.7 Å². The van der Waals surface area contributed by atoms with Gasteiger partial charge in [0.25, 0.3) is 5.69 Å². The van der Waals surface area contributed by atoms with Crippen molar-refractivity contribution in [1.82, 2.24) is 19.5 Å². The topological polar surface area (TPSA) is 150 Å². The van der Waals surface area contributed by atoms with E-state index in [9.17, 15) is 10.1 Å². The maximum Gasteiger partial charge on any atom is 0.276 e. The van der Waals surface area contributed by atoms with Crippen molar-refractivity contribution in [3.05, 3.63) is 45.8 Å². The van der Waals surface area contributed by atoms with E-state index < -0.39 is 27.8 Å². The lowest BCUT2D eigenvalue weighted by atomic mass is 10.1. The van der Waals surface area contributed by atoms with Gasteiger partial charge in [-0.1, -0.05) is 47.6 Å². The number of nitro benzene ring substituents is 1. The number of nitro groups is 1. The summed E-state index contributed by atoms with van der Waals surface area (Å²) in [7, 11) is -4.17. The maximum atomic E-state index is 11.6. The van der Waals surface area contributed by atoms with E-state index in [-0.39, 0.29) is 46.4 Å². The van der Waals surface area contributed by atoms with Crippen molar-refractivity contribution in [2.24, 2.45) is 0 Å². The number of hydrogen-bond donors (Lipinski definition) is 1. The summed E-state index contributed by atoms with van der Waals surface area (Å²) in [5.41, 5.74) is 8.13. The van der Waals surface area contributed by atoms with Crippen molar-refractivity contribution in [3.8, 4) is 5.88 Å². The van der Waals surface area contributed by atoms with Crippen LogP contribution in [-0.4, -0.2) is 59.9 Å². The molecule has 0 bridgehead atoms. The lowest BCUT2D eigenvalue weighted by Gasteiger charge is -2.40. The molecular weight excluding hydrogens is 597 g/mol. The number of hydrogen-bond acceptors (Lipinski definition) is 10. The minimum absolute atomic E-state index is 0.00228. The number of aryl methyl sites for hydroxylation is 1. The molecule has 1 aliphatic heterocycles. The van der Waals surface area contributed by atoms with Crippen molar-refractivity contribution in [2.45, 2.75) is 116 Å². The monoisotopic (exact) mass is 644 g/mol. The number of nitrogen functional groups attached to an aromatic ring is 1. The predicted molar refractivity (Wildman–Crippen MR) is 176 cm³/mol. The van der Waals surface area contributed by atoms with Gasteiger partial charge in [0.15, 0.2) is 27.8 Å². The molecule has 2 N–H and O–H groups in total. The quantitative estimate of drug-likeness (QED) is 0.140. The minimum Gasteiger partial charge on any atom is -0.471 e. The highest BCUT2D eigenvalue weighted by molar-refractivity contribution is 6.74. The number of fused-ring (bicyclic) bond motifs is 1. The maximum absolute atomic E-state index is 11.6. The van der Waals surface area contributed by atoms with Gasteiger partial charge in [0.2, 0.25) is 11.8 Å². The van der Waals surface area contributed by atoms with Gasteiger partial charge in [-0.25, -0.2) is 4.98 Å². The Morgan fingerprint density at radius 2 is 1.75 bits per heavy atom. The number of nitrogens with zero attached hydrogens (tertiary/aromatic N) is 5. The molecule has 4 rings (SSSR count). The zero-order valence-corrected chi connectivity index (χ0v) is 29.9. The molecule has 1 aromatic carbocycles. The first-order valence-electron chi connectivity index (χ1n) is 15.0. The fourth-order valence-electron chi connectivity index (χ4n) is 4.54. The number of ether oxygens (including phenoxy) is 2. The molecule has 44 heavy (non-hydrogen) atoms. The van der Waals surface area contributed by atoms with E-state index in [1.54, 1.807) is 25.4 Å². The third-order valence-electron chi connectivity index (χ3n) is 9.37. The summed E-state index contributed by atoms with van der Waals surface area (Å²) in [5, 5.41) is 11.7. The zero-order chi connectivity index (χ0) is 32.8. The van der Waals surface area contributed by atoms with Crippen LogP contribution in [0.5, 0.6) is 5.88 Å². The summed E-state index contributed by atoms with van der Waals surface area (Å²) in [4.78, 5) is 24.5. The third-order valence-corrected chi connectivity index (χ3v) is 18.4. The summed E-state index contributed by atoms with van der Waals surface area (Å²) in [6.07, 6.45) is 1.34. The second kappa shape index (κ2) is 12.1. The van der Waals surface area contributed by atoms with Crippen LogP contribution in [-0.2, 0) is 20.2 Å². The van der Waals surface area contributed by atoms with Crippen LogP contribution in [0.3, 0.4) is 0 Å². The van der Waals surface area contributed by atoms with Crippen LogP contribution >= 0.6 is 0 Å². The Labute approximate surface area is 262 Å². The largest absolute Gasteiger partial charge is 0.471 e. The molecule has 0 saturated carbocycles. The molecule has 242 valence electrons. The smallest absolute Gasteiger partial charge is 0.276 e. The van der Waals surface area contributed by atoms with Crippen molar-refractivity contribution in [1.29, 1.82) is 0 Å². The van der Waals surface area contributed by atoms with Crippen LogP contribution in [0.15, 0.2) is 24.5 Å². The van der Waals surface area contributed by atoms with Gasteiger partial charge in [0.1, 0.15) is 18.9 Å². The van der Waals surface area contributed by atoms with Crippen molar-refractivity contribution < 1.29 is 23.2 Å². The van der Waals surface area contributed by atoms with Gasteiger partial charge in [0.05, 0.1) is 29.5 Å². The van der Waals surface area contributed by atoms with Crippen LogP contribution in [0.4, 0.5) is 11.6 Å². The van der Waals surface area contributed by atoms with Gasteiger partial charge in [-0.3, -0.25) is 14.7 Å². The number of rotatable bonds is 10. The van der Waals surface area contributed by atoms with Crippen molar-refractivity contribution in [3.63, 3.8) is 0 Å². The molecular formula is C30H48N6O6Si2. The Morgan fingerprint density at radius 3 is 2.36 bits per heavy atom. The molecule has 3 aromatic rings.